The lowest BCUT2D eigenvalue weighted by Gasteiger charge is -2.18. The average Bonchev–Trinajstić information content (AvgIpc) is 3.31. The van der Waals surface area contributed by atoms with Gasteiger partial charge in [-0.3, -0.25) is 4.79 Å². The second-order valence-electron chi connectivity index (χ2n) is 8.11. The summed E-state index contributed by atoms with van der Waals surface area (Å²) in [5, 5.41) is 4.20. The van der Waals surface area contributed by atoms with E-state index in [-0.39, 0.29) is 11.8 Å². The number of aromatic nitrogens is 1. The van der Waals surface area contributed by atoms with Gasteiger partial charge in [-0.05, 0) is 53.4 Å². The highest BCUT2D eigenvalue weighted by Crippen LogP contribution is 2.34. The Morgan fingerprint density at radius 1 is 0.912 bits per heavy atom. The zero-order chi connectivity index (χ0) is 23.9. The quantitative estimate of drug-likeness (QED) is 0.348. The minimum atomic E-state index is -0.104. The summed E-state index contributed by atoms with van der Waals surface area (Å²) in [7, 11) is 4.89. The lowest BCUT2D eigenvalue weighted by molar-refractivity contribution is -0.121. The van der Waals surface area contributed by atoms with Crippen molar-refractivity contribution in [3.8, 4) is 17.2 Å². The summed E-state index contributed by atoms with van der Waals surface area (Å²) in [5.74, 6) is 2.04. The van der Waals surface area contributed by atoms with Gasteiger partial charge in [0.2, 0.25) is 5.91 Å². The van der Waals surface area contributed by atoms with Crippen LogP contribution in [0.1, 0.15) is 29.0 Å². The molecule has 34 heavy (non-hydrogen) atoms. The number of nitrogens with one attached hydrogen (secondary N) is 2. The summed E-state index contributed by atoms with van der Waals surface area (Å²) >= 11 is 0. The molecule has 0 radical (unpaired) electrons. The molecule has 0 aliphatic carbocycles. The second-order valence-corrected chi connectivity index (χ2v) is 8.11. The lowest BCUT2D eigenvalue weighted by Crippen LogP contribution is -2.27. The minimum absolute atomic E-state index is 0.00132. The molecule has 1 atom stereocenters. The van der Waals surface area contributed by atoms with E-state index < -0.39 is 0 Å². The number of methoxy groups -OCH3 is 3. The molecule has 1 heterocycles. The molecule has 0 saturated heterocycles. The summed E-state index contributed by atoms with van der Waals surface area (Å²) < 4.78 is 16.1. The number of amides is 1. The van der Waals surface area contributed by atoms with Crippen molar-refractivity contribution in [2.75, 3.05) is 27.9 Å². The summed E-state index contributed by atoms with van der Waals surface area (Å²) in [4.78, 5) is 16.4. The Morgan fingerprint density at radius 3 is 2.53 bits per heavy atom. The van der Waals surface area contributed by atoms with Crippen molar-refractivity contribution in [1.29, 1.82) is 0 Å². The molecular weight excluding hydrogens is 428 g/mol. The van der Waals surface area contributed by atoms with Gasteiger partial charge in [0.1, 0.15) is 5.75 Å². The first kappa shape index (κ1) is 23.2. The molecule has 0 unspecified atom stereocenters. The van der Waals surface area contributed by atoms with Gasteiger partial charge in [0.15, 0.2) is 11.5 Å². The summed E-state index contributed by atoms with van der Waals surface area (Å²) in [6, 6.07) is 21.9. The first-order valence-corrected chi connectivity index (χ1v) is 11.3. The molecule has 2 N–H and O–H groups in total. The number of hydrogen-bond donors (Lipinski definition) is 2. The van der Waals surface area contributed by atoms with Crippen LogP contribution in [0.4, 0.5) is 0 Å². The van der Waals surface area contributed by atoms with Crippen LogP contribution in [0.3, 0.4) is 0 Å². The number of aromatic amines is 1. The molecule has 6 heteroatoms. The number of carbonyl (C=O) groups excluding carboxylic acids is 1. The predicted octanol–water partition coefficient (Wildman–Crippen LogP) is 5.07. The van der Waals surface area contributed by atoms with E-state index in [1.807, 2.05) is 66.9 Å². The molecule has 0 aliphatic heterocycles. The van der Waals surface area contributed by atoms with Crippen LogP contribution in [-0.4, -0.2) is 38.8 Å². The number of rotatable bonds is 10. The first-order valence-electron chi connectivity index (χ1n) is 11.3. The summed E-state index contributed by atoms with van der Waals surface area (Å²) in [6.07, 6.45) is 3.04. The standard InChI is InChI=1S/C28H30N2O4/c1-32-21-8-6-7-20(16-21)23(24-18-30-25-10-5-4-9-22(24)25)17-28(31)29-14-13-19-11-12-26(33-2)27(15-19)34-3/h4-12,15-16,18,23,30H,13-14,17H2,1-3H3,(H,29,31)/t23-/m1/s1. The molecule has 0 fully saturated rings. The molecule has 0 saturated carbocycles. The third-order valence-corrected chi connectivity index (χ3v) is 6.07. The fourth-order valence-corrected chi connectivity index (χ4v) is 4.29. The molecule has 4 rings (SSSR count). The van der Waals surface area contributed by atoms with Crippen molar-refractivity contribution >= 4 is 16.8 Å². The molecule has 0 bridgehead atoms. The molecular formula is C28H30N2O4. The van der Waals surface area contributed by atoms with Gasteiger partial charge in [0.05, 0.1) is 21.3 Å². The van der Waals surface area contributed by atoms with Crippen LogP contribution in [0.2, 0.25) is 0 Å². The van der Waals surface area contributed by atoms with Gasteiger partial charge < -0.3 is 24.5 Å². The number of H-pyrrole nitrogens is 1. The number of fused-ring (bicyclic) bond motifs is 1. The van der Waals surface area contributed by atoms with E-state index in [0.29, 0.717) is 30.9 Å². The topological polar surface area (TPSA) is 72.6 Å². The Balaban J connectivity index is 1.49. The normalized spacial score (nSPS) is 11.7. The molecule has 4 aromatic rings. The Kier molecular flexibility index (Phi) is 7.38. The van der Waals surface area contributed by atoms with Crippen LogP contribution >= 0.6 is 0 Å². The van der Waals surface area contributed by atoms with Gasteiger partial charge >= 0.3 is 0 Å². The van der Waals surface area contributed by atoms with Crippen molar-refractivity contribution in [3.05, 3.63) is 89.6 Å². The maximum Gasteiger partial charge on any atom is 0.220 e. The highest BCUT2D eigenvalue weighted by Gasteiger charge is 2.22. The molecule has 1 aromatic heterocycles. The van der Waals surface area contributed by atoms with Crippen LogP contribution in [0.5, 0.6) is 17.2 Å². The molecule has 3 aromatic carbocycles. The van der Waals surface area contributed by atoms with Gasteiger partial charge in [0.25, 0.3) is 0 Å². The maximum atomic E-state index is 13.0. The van der Waals surface area contributed by atoms with E-state index in [2.05, 4.69) is 16.4 Å². The van der Waals surface area contributed by atoms with Gasteiger partial charge in [0, 0.05) is 36.0 Å². The number of benzene rings is 3. The van der Waals surface area contributed by atoms with Gasteiger partial charge in [-0.1, -0.05) is 36.4 Å². The third-order valence-electron chi connectivity index (χ3n) is 6.07. The van der Waals surface area contributed by atoms with Crippen LogP contribution in [-0.2, 0) is 11.2 Å². The van der Waals surface area contributed by atoms with Crippen molar-refractivity contribution in [2.24, 2.45) is 0 Å². The highest BCUT2D eigenvalue weighted by molar-refractivity contribution is 5.86. The Hall–Kier alpha value is -3.93. The number of hydrogen-bond acceptors (Lipinski definition) is 4. The van der Waals surface area contributed by atoms with E-state index in [0.717, 1.165) is 33.3 Å². The van der Waals surface area contributed by atoms with Gasteiger partial charge in [-0.2, -0.15) is 0 Å². The van der Waals surface area contributed by atoms with Gasteiger partial charge in [-0.15, -0.1) is 0 Å². The second kappa shape index (κ2) is 10.8. The van der Waals surface area contributed by atoms with Crippen molar-refractivity contribution in [3.63, 3.8) is 0 Å². The Morgan fingerprint density at radius 2 is 1.74 bits per heavy atom. The van der Waals surface area contributed by atoms with Crippen LogP contribution in [0.15, 0.2) is 72.9 Å². The minimum Gasteiger partial charge on any atom is -0.497 e. The summed E-state index contributed by atoms with van der Waals surface area (Å²) in [5.41, 5.74) is 4.26. The van der Waals surface area contributed by atoms with Crippen molar-refractivity contribution in [1.82, 2.24) is 10.3 Å². The zero-order valence-corrected chi connectivity index (χ0v) is 19.8. The molecule has 0 spiro atoms. The predicted molar refractivity (Wildman–Crippen MR) is 134 cm³/mol. The molecule has 0 aliphatic rings. The SMILES string of the molecule is COc1cccc([C@@H](CC(=O)NCCc2ccc(OC)c(OC)c2)c2c[nH]c3ccccc23)c1. The van der Waals surface area contributed by atoms with E-state index in [4.69, 9.17) is 14.2 Å². The molecule has 176 valence electrons. The largest absolute Gasteiger partial charge is 0.497 e. The Labute approximate surface area is 199 Å². The van der Waals surface area contributed by atoms with Crippen LogP contribution in [0, 0.1) is 0 Å². The fourth-order valence-electron chi connectivity index (χ4n) is 4.29. The Bertz CT molecular complexity index is 1260. The zero-order valence-electron chi connectivity index (χ0n) is 19.8. The fraction of sp³-hybridized carbons (Fsp3) is 0.250. The van der Waals surface area contributed by atoms with Crippen LogP contribution in [0.25, 0.3) is 10.9 Å². The smallest absolute Gasteiger partial charge is 0.220 e. The third kappa shape index (κ3) is 5.17. The van der Waals surface area contributed by atoms with Crippen molar-refractivity contribution < 1.29 is 19.0 Å². The van der Waals surface area contributed by atoms with Crippen LogP contribution < -0.4 is 19.5 Å². The highest BCUT2D eigenvalue weighted by atomic mass is 16.5. The van der Waals surface area contributed by atoms with E-state index in [1.165, 1.54) is 0 Å². The van der Waals surface area contributed by atoms with E-state index >= 15 is 0 Å². The molecule has 1 amide bonds. The van der Waals surface area contributed by atoms with Gasteiger partial charge in [-0.25, -0.2) is 0 Å². The molecule has 6 nitrogen and oxygen atoms in total. The lowest BCUT2D eigenvalue weighted by atomic mass is 9.88. The number of ether oxygens (including phenoxy) is 3. The monoisotopic (exact) mass is 458 g/mol. The summed E-state index contributed by atoms with van der Waals surface area (Å²) in [6.45, 7) is 0.535. The maximum absolute atomic E-state index is 13.0. The number of para-hydroxylation sites is 1. The van der Waals surface area contributed by atoms with E-state index in [9.17, 15) is 4.79 Å². The first-order chi connectivity index (χ1) is 16.6. The average molecular weight is 459 g/mol. The van der Waals surface area contributed by atoms with Crippen molar-refractivity contribution in [2.45, 2.75) is 18.8 Å². The van der Waals surface area contributed by atoms with E-state index in [1.54, 1.807) is 21.3 Å². The number of carbonyl (C=O) groups is 1.